The zero-order valence-electron chi connectivity index (χ0n) is 15.3. The summed E-state index contributed by atoms with van der Waals surface area (Å²) in [6, 6.07) is 0.578. The van der Waals surface area contributed by atoms with Gasteiger partial charge in [-0.3, -0.25) is 9.58 Å². The standard InChI is InChI=1S/C18H28N6O/c1-22(13-17-20-21-18(25-17)15-5-6-15)16-7-9-24(12-16)8-3-4-14-10-19-23(2)11-14/h10-11,15-16H,3-9,12-13H2,1-2H3/t16-/m1/s1. The van der Waals surface area contributed by atoms with Crippen LogP contribution in [0.3, 0.4) is 0 Å². The minimum atomic E-state index is 0.536. The molecule has 2 fully saturated rings. The van der Waals surface area contributed by atoms with Gasteiger partial charge in [-0.05, 0) is 57.8 Å². The minimum absolute atomic E-state index is 0.536. The highest BCUT2D eigenvalue weighted by molar-refractivity contribution is 5.03. The molecule has 0 N–H and O–H groups in total. The van der Waals surface area contributed by atoms with Crippen LogP contribution in [0.4, 0.5) is 0 Å². The van der Waals surface area contributed by atoms with Gasteiger partial charge in [-0.15, -0.1) is 10.2 Å². The Labute approximate surface area is 149 Å². The van der Waals surface area contributed by atoms with Crippen molar-refractivity contribution >= 4 is 0 Å². The van der Waals surface area contributed by atoms with E-state index in [0.29, 0.717) is 12.0 Å². The third-order valence-electron chi connectivity index (χ3n) is 5.36. The molecule has 7 nitrogen and oxygen atoms in total. The topological polar surface area (TPSA) is 63.2 Å². The van der Waals surface area contributed by atoms with Crippen LogP contribution in [0.2, 0.25) is 0 Å². The van der Waals surface area contributed by atoms with Crippen LogP contribution in [0.15, 0.2) is 16.8 Å². The van der Waals surface area contributed by atoms with Crippen molar-refractivity contribution in [3.8, 4) is 0 Å². The molecule has 0 radical (unpaired) electrons. The van der Waals surface area contributed by atoms with Gasteiger partial charge in [0.05, 0.1) is 12.7 Å². The van der Waals surface area contributed by atoms with Gasteiger partial charge in [-0.1, -0.05) is 0 Å². The fourth-order valence-corrected chi connectivity index (χ4v) is 3.65. The van der Waals surface area contributed by atoms with Gasteiger partial charge in [0.25, 0.3) is 0 Å². The number of likely N-dealkylation sites (N-methyl/N-ethyl adjacent to an activating group) is 1. The number of aromatic nitrogens is 4. The van der Waals surface area contributed by atoms with Crippen molar-refractivity contribution in [2.45, 2.75) is 50.6 Å². The Hall–Kier alpha value is -1.73. The molecule has 0 bridgehead atoms. The van der Waals surface area contributed by atoms with Crippen LogP contribution >= 0.6 is 0 Å². The Balaban J connectivity index is 1.19. The Kier molecular flexibility index (Phi) is 4.85. The van der Waals surface area contributed by atoms with E-state index in [1.165, 1.54) is 37.8 Å². The van der Waals surface area contributed by atoms with E-state index in [4.69, 9.17) is 4.42 Å². The highest BCUT2D eigenvalue weighted by Crippen LogP contribution is 2.39. The first-order valence-electron chi connectivity index (χ1n) is 9.40. The molecule has 1 atom stereocenters. The maximum absolute atomic E-state index is 5.80. The first-order valence-corrected chi connectivity index (χ1v) is 9.40. The van der Waals surface area contributed by atoms with Crippen LogP contribution < -0.4 is 0 Å². The molecule has 1 aliphatic carbocycles. The highest BCUT2D eigenvalue weighted by atomic mass is 16.4. The molecule has 0 aromatic carbocycles. The molecule has 3 heterocycles. The SMILES string of the molecule is CN(Cc1nnc(C2CC2)o1)[C@@H]1CCN(CCCc2cnn(C)c2)C1. The smallest absolute Gasteiger partial charge is 0.230 e. The third-order valence-corrected chi connectivity index (χ3v) is 5.36. The lowest BCUT2D eigenvalue weighted by Crippen LogP contribution is -2.34. The molecule has 1 saturated heterocycles. The van der Waals surface area contributed by atoms with E-state index in [1.54, 1.807) is 0 Å². The second-order valence-electron chi connectivity index (χ2n) is 7.59. The van der Waals surface area contributed by atoms with Gasteiger partial charge >= 0.3 is 0 Å². The summed E-state index contributed by atoms with van der Waals surface area (Å²) in [7, 11) is 4.15. The summed E-state index contributed by atoms with van der Waals surface area (Å²) in [6.07, 6.45) is 10.0. The van der Waals surface area contributed by atoms with E-state index in [2.05, 4.69) is 38.3 Å². The van der Waals surface area contributed by atoms with E-state index in [9.17, 15) is 0 Å². The molecule has 0 amide bonds. The first-order chi connectivity index (χ1) is 12.2. The Morgan fingerprint density at radius 1 is 1.28 bits per heavy atom. The van der Waals surface area contributed by atoms with Crippen molar-refractivity contribution in [3.63, 3.8) is 0 Å². The normalized spacial score (nSPS) is 21.5. The minimum Gasteiger partial charge on any atom is -0.424 e. The van der Waals surface area contributed by atoms with Crippen molar-refractivity contribution in [2.75, 3.05) is 26.7 Å². The van der Waals surface area contributed by atoms with Crippen molar-refractivity contribution < 1.29 is 4.42 Å². The van der Waals surface area contributed by atoms with E-state index >= 15 is 0 Å². The van der Waals surface area contributed by atoms with Gasteiger partial charge in [-0.2, -0.15) is 5.10 Å². The van der Waals surface area contributed by atoms with Crippen molar-refractivity contribution in [1.82, 2.24) is 29.8 Å². The summed E-state index contributed by atoms with van der Waals surface area (Å²) in [5, 5.41) is 12.6. The molecule has 2 aliphatic rings. The number of aryl methyl sites for hydroxylation is 2. The molecule has 2 aromatic rings. The lowest BCUT2D eigenvalue weighted by molar-refractivity contribution is 0.205. The molecule has 136 valence electrons. The average molecular weight is 344 g/mol. The third kappa shape index (κ3) is 4.27. The van der Waals surface area contributed by atoms with Crippen molar-refractivity contribution in [3.05, 3.63) is 29.7 Å². The molecule has 0 spiro atoms. The largest absolute Gasteiger partial charge is 0.424 e. The molecule has 7 heteroatoms. The Morgan fingerprint density at radius 2 is 2.16 bits per heavy atom. The molecule has 4 rings (SSSR count). The summed E-state index contributed by atoms with van der Waals surface area (Å²) in [5.41, 5.74) is 1.33. The Bertz CT molecular complexity index is 691. The van der Waals surface area contributed by atoms with Gasteiger partial charge in [0, 0.05) is 31.7 Å². The molecular weight excluding hydrogens is 316 g/mol. The quantitative estimate of drug-likeness (QED) is 0.728. The van der Waals surface area contributed by atoms with Crippen LogP contribution in [0.5, 0.6) is 0 Å². The number of hydrogen-bond donors (Lipinski definition) is 0. The van der Waals surface area contributed by atoms with Crippen LogP contribution in [0, 0.1) is 0 Å². The zero-order chi connectivity index (χ0) is 17.2. The number of likely N-dealkylation sites (tertiary alicyclic amines) is 1. The fraction of sp³-hybridized carbons (Fsp3) is 0.722. The van der Waals surface area contributed by atoms with Gasteiger partial charge < -0.3 is 9.32 Å². The predicted molar refractivity (Wildman–Crippen MR) is 94.1 cm³/mol. The van der Waals surface area contributed by atoms with Gasteiger partial charge in [0.15, 0.2) is 0 Å². The summed E-state index contributed by atoms with van der Waals surface area (Å²) in [5.74, 6) is 2.14. The van der Waals surface area contributed by atoms with Gasteiger partial charge in [-0.25, -0.2) is 0 Å². The van der Waals surface area contributed by atoms with Crippen molar-refractivity contribution in [1.29, 1.82) is 0 Å². The van der Waals surface area contributed by atoms with Crippen LogP contribution in [0.25, 0.3) is 0 Å². The lowest BCUT2D eigenvalue weighted by Gasteiger charge is -2.23. The summed E-state index contributed by atoms with van der Waals surface area (Å²) < 4.78 is 7.67. The zero-order valence-corrected chi connectivity index (χ0v) is 15.3. The average Bonchev–Trinajstić information content (AvgIpc) is 2.98. The molecule has 0 unspecified atom stereocenters. The molecule has 25 heavy (non-hydrogen) atoms. The highest BCUT2D eigenvalue weighted by Gasteiger charge is 2.30. The second-order valence-corrected chi connectivity index (χ2v) is 7.59. The van der Waals surface area contributed by atoms with Gasteiger partial charge in [0.1, 0.15) is 0 Å². The van der Waals surface area contributed by atoms with Crippen LogP contribution in [-0.4, -0.2) is 62.5 Å². The second kappa shape index (κ2) is 7.25. The summed E-state index contributed by atoms with van der Waals surface area (Å²) in [6.45, 7) is 4.23. The van der Waals surface area contributed by atoms with Crippen LogP contribution in [-0.2, 0) is 20.0 Å². The lowest BCUT2D eigenvalue weighted by atomic mass is 10.2. The maximum atomic E-state index is 5.80. The number of hydrogen-bond acceptors (Lipinski definition) is 6. The fourth-order valence-electron chi connectivity index (χ4n) is 3.65. The van der Waals surface area contributed by atoms with E-state index < -0.39 is 0 Å². The summed E-state index contributed by atoms with van der Waals surface area (Å²) >= 11 is 0. The monoisotopic (exact) mass is 344 g/mol. The number of rotatable bonds is 8. The molecule has 1 saturated carbocycles. The van der Waals surface area contributed by atoms with E-state index in [0.717, 1.165) is 37.8 Å². The number of nitrogens with zero attached hydrogens (tertiary/aromatic N) is 6. The summed E-state index contributed by atoms with van der Waals surface area (Å²) in [4.78, 5) is 4.94. The van der Waals surface area contributed by atoms with Crippen molar-refractivity contribution in [2.24, 2.45) is 7.05 Å². The first kappa shape index (κ1) is 16.7. The molecular formula is C18H28N6O. The van der Waals surface area contributed by atoms with Crippen LogP contribution in [0.1, 0.15) is 48.9 Å². The maximum Gasteiger partial charge on any atom is 0.230 e. The Morgan fingerprint density at radius 3 is 2.92 bits per heavy atom. The molecule has 2 aromatic heterocycles. The van der Waals surface area contributed by atoms with Gasteiger partial charge in [0.2, 0.25) is 11.8 Å². The molecule has 1 aliphatic heterocycles. The van der Waals surface area contributed by atoms with E-state index in [-0.39, 0.29) is 0 Å². The predicted octanol–water partition coefficient (Wildman–Crippen LogP) is 1.82. The van der Waals surface area contributed by atoms with E-state index in [1.807, 2.05) is 17.9 Å².